The fourth-order valence-corrected chi connectivity index (χ4v) is 3.30. The fourth-order valence-electron chi connectivity index (χ4n) is 3.30. The summed E-state index contributed by atoms with van der Waals surface area (Å²) in [6.07, 6.45) is 4.16. The average molecular weight is 303 g/mol. The van der Waals surface area contributed by atoms with E-state index >= 15 is 0 Å². The first-order valence-corrected chi connectivity index (χ1v) is 7.77. The van der Waals surface area contributed by atoms with Crippen LogP contribution in [-0.4, -0.2) is 27.3 Å². The lowest BCUT2D eigenvalue weighted by atomic mass is 9.88. The quantitative estimate of drug-likeness (QED) is 0.790. The molecule has 0 aliphatic carbocycles. The van der Waals surface area contributed by atoms with Crippen molar-refractivity contribution in [2.24, 2.45) is 0 Å². The third kappa shape index (κ3) is 2.42. The third-order valence-corrected chi connectivity index (χ3v) is 4.36. The summed E-state index contributed by atoms with van der Waals surface area (Å²) in [5.41, 5.74) is 3.63. The van der Waals surface area contributed by atoms with Crippen LogP contribution in [0.5, 0.6) is 0 Å². The smallest absolute Gasteiger partial charge is 0.290 e. The van der Waals surface area contributed by atoms with Crippen molar-refractivity contribution in [1.82, 2.24) is 14.9 Å². The van der Waals surface area contributed by atoms with E-state index in [4.69, 9.17) is 0 Å². The second kappa shape index (κ2) is 5.72. The number of nitrogens with zero attached hydrogens (tertiary/aromatic N) is 2. The summed E-state index contributed by atoms with van der Waals surface area (Å²) in [6, 6.07) is 18.5. The third-order valence-electron chi connectivity index (χ3n) is 4.36. The number of amides is 1. The van der Waals surface area contributed by atoms with Crippen LogP contribution in [0.2, 0.25) is 0 Å². The minimum atomic E-state index is -0.0706. The molecule has 0 spiro atoms. The largest absolute Gasteiger partial charge is 0.341 e. The van der Waals surface area contributed by atoms with Gasteiger partial charge in [0.1, 0.15) is 0 Å². The average Bonchev–Trinajstić information content (AvgIpc) is 3.15. The first-order chi connectivity index (χ1) is 11.3. The monoisotopic (exact) mass is 303 g/mol. The predicted octanol–water partition coefficient (Wildman–Crippen LogP) is 3.20. The van der Waals surface area contributed by atoms with E-state index < -0.39 is 0 Å². The van der Waals surface area contributed by atoms with Gasteiger partial charge in [-0.1, -0.05) is 54.6 Å². The molecule has 0 saturated carbocycles. The summed E-state index contributed by atoms with van der Waals surface area (Å²) in [5.74, 6) is 0.337. The highest BCUT2D eigenvalue weighted by Crippen LogP contribution is 2.35. The van der Waals surface area contributed by atoms with E-state index in [1.165, 1.54) is 11.1 Å². The molecule has 0 unspecified atom stereocenters. The van der Waals surface area contributed by atoms with Crippen LogP contribution in [0.1, 0.15) is 33.4 Å². The number of carbonyl (C=O) groups is 1. The minimum Gasteiger partial charge on any atom is -0.341 e. The molecular formula is C19H17N3O. The Kier molecular flexibility index (Phi) is 3.42. The van der Waals surface area contributed by atoms with Gasteiger partial charge in [-0.2, -0.15) is 0 Å². The van der Waals surface area contributed by atoms with Gasteiger partial charge in [-0.3, -0.25) is 4.79 Å². The van der Waals surface area contributed by atoms with Gasteiger partial charge in [0.25, 0.3) is 5.91 Å². The van der Waals surface area contributed by atoms with Crippen LogP contribution in [0.25, 0.3) is 0 Å². The van der Waals surface area contributed by atoms with Crippen LogP contribution < -0.4 is 0 Å². The molecule has 0 saturated heterocycles. The van der Waals surface area contributed by atoms with Crippen LogP contribution in [-0.2, 0) is 6.42 Å². The van der Waals surface area contributed by atoms with Gasteiger partial charge in [-0.15, -0.1) is 0 Å². The van der Waals surface area contributed by atoms with Crippen molar-refractivity contribution in [3.63, 3.8) is 0 Å². The molecule has 1 aliphatic heterocycles. The summed E-state index contributed by atoms with van der Waals surface area (Å²) in [5, 5.41) is 0. The predicted molar refractivity (Wildman–Crippen MR) is 88.1 cm³/mol. The standard InChI is InChI=1S/C19H17N3O/c23-19(18-20-11-12-21-18)22-13-10-14-6-4-5-9-16(14)17(22)15-7-2-1-3-8-15/h1-9,11-12,17H,10,13H2,(H,20,21)/t17-/m0/s1. The Morgan fingerprint density at radius 2 is 1.87 bits per heavy atom. The summed E-state index contributed by atoms with van der Waals surface area (Å²) in [7, 11) is 0. The Morgan fingerprint density at radius 3 is 2.65 bits per heavy atom. The second-order valence-electron chi connectivity index (χ2n) is 5.70. The van der Waals surface area contributed by atoms with Crippen molar-refractivity contribution in [2.75, 3.05) is 6.54 Å². The van der Waals surface area contributed by atoms with E-state index in [2.05, 4.69) is 40.3 Å². The van der Waals surface area contributed by atoms with E-state index in [9.17, 15) is 4.79 Å². The molecule has 23 heavy (non-hydrogen) atoms. The zero-order valence-electron chi connectivity index (χ0n) is 12.6. The molecule has 114 valence electrons. The zero-order chi connectivity index (χ0) is 15.6. The molecule has 4 heteroatoms. The molecule has 0 radical (unpaired) electrons. The van der Waals surface area contributed by atoms with Crippen molar-refractivity contribution in [3.05, 3.63) is 89.5 Å². The van der Waals surface area contributed by atoms with Gasteiger partial charge in [-0.05, 0) is 23.1 Å². The van der Waals surface area contributed by atoms with Crippen molar-refractivity contribution in [1.29, 1.82) is 0 Å². The normalized spacial score (nSPS) is 16.9. The molecule has 2 heterocycles. The molecule has 4 nitrogen and oxygen atoms in total. The lowest BCUT2D eigenvalue weighted by Gasteiger charge is -2.37. The Labute approximate surface area is 134 Å². The summed E-state index contributed by atoms with van der Waals surface area (Å²) in [6.45, 7) is 0.691. The first-order valence-electron chi connectivity index (χ1n) is 7.77. The summed E-state index contributed by atoms with van der Waals surface area (Å²) >= 11 is 0. The zero-order valence-corrected chi connectivity index (χ0v) is 12.6. The fraction of sp³-hybridized carbons (Fsp3) is 0.158. The van der Waals surface area contributed by atoms with Crippen LogP contribution in [0.4, 0.5) is 0 Å². The molecule has 1 aliphatic rings. The highest BCUT2D eigenvalue weighted by Gasteiger charge is 2.33. The van der Waals surface area contributed by atoms with Gasteiger partial charge in [0.15, 0.2) is 5.82 Å². The minimum absolute atomic E-state index is 0.0571. The van der Waals surface area contributed by atoms with E-state index in [-0.39, 0.29) is 11.9 Å². The van der Waals surface area contributed by atoms with Crippen molar-refractivity contribution < 1.29 is 4.79 Å². The highest BCUT2D eigenvalue weighted by molar-refractivity contribution is 5.91. The van der Waals surface area contributed by atoms with Crippen LogP contribution in [0.3, 0.4) is 0 Å². The molecule has 1 aromatic heterocycles. The number of aromatic nitrogens is 2. The highest BCUT2D eigenvalue weighted by atomic mass is 16.2. The number of imidazole rings is 1. The van der Waals surface area contributed by atoms with E-state index in [1.54, 1.807) is 12.4 Å². The lowest BCUT2D eigenvalue weighted by Crippen LogP contribution is -2.41. The Bertz CT molecular complexity index is 812. The van der Waals surface area contributed by atoms with Crippen molar-refractivity contribution in [3.8, 4) is 0 Å². The molecule has 1 N–H and O–H groups in total. The van der Waals surface area contributed by atoms with Gasteiger partial charge in [0, 0.05) is 18.9 Å². The van der Waals surface area contributed by atoms with E-state index in [0.29, 0.717) is 12.4 Å². The number of benzene rings is 2. The SMILES string of the molecule is O=C(c1ncc[nH]1)N1CCc2ccccc2[C@@H]1c1ccccc1. The Balaban J connectivity index is 1.81. The maximum Gasteiger partial charge on any atom is 0.290 e. The van der Waals surface area contributed by atoms with E-state index in [1.807, 2.05) is 29.2 Å². The van der Waals surface area contributed by atoms with Crippen LogP contribution in [0, 0.1) is 0 Å². The molecule has 2 aromatic carbocycles. The van der Waals surface area contributed by atoms with Crippen molar-refractivity contribution in [2.45, 2.75) is 12.5 Å². The maximum atomic E-state index is 12.9. The Hall–Kier alpha value is -2.88. The number of aromatic amines is 1. The molecule has 0 bridgehead atoms. The molecule has 1 atom stereocenters. The maximum absolute atomic E-state index is 12.9. The molecule has 3 aromatic rings. The van der Waals surface area contributed by atoms with E-state index in [0.717, 1.165) is 12.0 Å². The molecule has 4 rings (SSSR count). The van der Waals surface area contributed by atoms with Crippen LogP contribution in [0.15, 0.2) is 67.0 Å². The van der Waals surface area contributed by atoms with Gasteiger partial charge in [0.2, 0.25) is 0 Å². The lowest BCUT2D eigenvalue weighted by molar-refractivity contribution is 0.0683. The summed E-state index contributed by atoms with van der Waals surface area (Å²) in [4.78, 5) is 21.9. The van der Waals surface area contributed by atoms with Gasteiger partial charge in [-0.25, -0.2) is 4.98 Å². The molecule has 1 amide bonds. The Morgan fingerprint density at radius 1 is 1.09 bits per heavy atom. The second-order valence-corrected chi connectivity index (χ2v) is 5.70. The number of hydrogen-bond donors (Lipinski definition) is 1. The topological polar surface area (TPSA) is 49.0 Å². The number of carbonyl (C=O) groups excluding carboxylic acids is 1. The number of rotatable bonds is 2. The summed E-state index contributed by atoms with van der Waals surface area (Å²) < 4.78 is 0. The number of hydrogen-bond acceptors (Lipinski definition) is 2. The van der Waals surface area contributed by atoms with Crippen molar-refractivity contribution >= 4 is 5.91 Å². The molecular weight excluding hydrogens is 286 g/mol. The number of fused-ring (bicyclic) bond motifs is 1. The number of nitrogens with one attached hydrogen (secondary N) is 1. The molecule has 0 fully saturated rings. The number of H-pyrrole nitrogens is 1. The first kappa shape index (κ1) is 13.8. The van der Waals surface area contributed by atoms with Gasteiger partial charge < -0.3 is 9.88 Å². The van der Waals surface area contributed by atoms with Gasteiger partial charge in [0.05, 0.1) is 6.04 Å². The van der Waals surface area contributed by atoms with Crippen LogP contribution >= 0.6 is 0 Å². The van der Waals surface area contributed by atoms with Gasteiger partial charge >= 0.3 is 0 Å².